The van der Waals surface area contributed by atoms with Gasteiger partial charge in [-0.2, -0.15) is 21.6 Å². The molecule has 0 aromatic carbocycles. The van der Waals surface area contributed by atoms with Crippen LogP contribution in [-0.2, 0) is 20.0 Å². The van der Waals surface area contributed by atoms with E-state index in [9.17, 15) is 21.6 Å². The van der Waals surface area contributed by atoms with Crippen molar-refractivity contribution in [3.63, 3.8) is 0 Å². The van der Waals surface area contributed by atoms with E-state index in [1.807, 2.05) is 0 Å². The molecule has 1 aliphatic rings. The zero-order valence-electron chi connectivity index (χ0n) is 8.73. The number of hydrogen-bond donors (Lipinski definition) is 2. The highest BCUT2D eigenvalue weighted by atomic mass is 32.2. The first kappa shape index (κ1) is 16.6. The van der Waals surface area contributed by atoms with Crippen molar-refractivity contribution < 1.29 is 34.6 Å². The maximum atomic E-state index is 10.7. The molecular weight excluding hydrogens is 287 g/mol. The summed E-state index contributed by atoms with van der Waals surface area (Å²) < 4.78 is 78.8. The summed E-state index contributed by atoms with van der Waals surface area (Å²) in [4.78, 5) is 0. The Labute approximate surface area is 96.9 Å². The van der Waals surface area contributed by atoms with Gasteiger partial charge in [-0.25, -0.2) is 8.42 Å². The second-order valence-electron chi connectivity index (χ2n) is 3.54. The van der Waals surface area contributed by atoms with Crippen molar-refractivity contribution in [2.24, 2.45) is 5.92 Å². The molecule has 0 bridgehead atoms. The number of hydrogen-bond acceptors (Lipinski definition) is 5. The molecule has 1 saturated heterocycles. The molecule has 2 N–H and O–H groups in total. The monoisotopic (exact) mass is 299 g/mol. The van der Waals surface area contributed by atoms with Crippen molar-refractivity contribution >= 4 is 20.0 Å². The van der Waals surface area contributed by atoms with Crippen molar-refractivity contribution in [1.82, 2.24) is 5.32 Å². The summed E-state index contributed by atoms with van der Waals surface area (Å²) in [5.74, 6) is 0.722. The first-order valence-electron chi connectivity index (χ1n) is 4.25. The predicted molar refractivity (Wildman–Crippen MR) is 53.7 cm³/mol. The molecular formula is C6H12F3NO5S2. The molecule has 104 valence electrons. The summed E-state index contributed by atoms with van der Waals surface area (Å²) in [7, 11) is -8.56. The van der Waals surface area contributed by atoms with Crippen LogP contribution in [0.25, 0.3) is 0 Å². The van der Waals surface area contributed by atoms with Gasteiger partial charge in [-0.3, -0.25) is 4.55 Å². The second kappa shape index (κ2) is 5.50. The third kappa shape index (κ3) is 7.52. The third-order valence-corrected chi connectivity index (χ3v) is 3.36. The van der Waals surface area contributed by atoms with E-state index in [2.05, 4.69) is 5.32 Å². The molecule has 17 heavy (non-hydrogen) atoms. The van der Waals surface area contributed by atoms with Gasteiger partial charge in [0, 0.05) is 19.3 Å². The molecule has 1 heterocycles. The highest BCUT2D eigenvalue weighted by Crippen LogP contribution is 2.20. The lowest BCUT2D eigenvalue weighted by Crippen LogP contribution is -2.45. The fourth-order valence-electron chi connectivity index (χ4n) is 0.894. The van der Waals surface area contributed by atoms with Crippen LogP contribution >= 0.6 is 0 Å². The Hall–Kier alpha value is -0.390. The smallest absolute Gasteiger partial charge is 0.316 e. The van der Waals surface area contributed by atoms with Crippen molar-refractivity contribution in [2.45, 2.75) is 5.51 Å². The van der Waals surface area contributed by atoms with Gasteiger partial charge < -0.3 is 5.32 Å². The van der Waals surface area contributed by atoms with Crippen molar-refractivity contribution in [2.75, 3.05) is 25.1 Å². The van der Waals surface area contributed by atoms with Gasteiger partial charge >= 0.3 is 15.6 Å². The molecule has 0 saturated carbocycles. The van der Waals surface area contributed by atoms with Crippen LogP contribution in [0.15, 0.2) is 0 Å². The Morgan fingerprint density at radius 1 is 1.24 bits per heavy atom. The van der Waals surface area contributed by atoms with Crippen LogP contribution in [0.5, 0.6) is 0 Å². The molecule has 0 amide bonds. The molecule has 0 aromatic rings. The Balaban J connectivity index is 0.000000304. The average Bonchev–Trinajstić information content (AvgIpc) is 1.92. The van der Waals surface area contributed by atoms with Crippen molar-refractivity contribution in [3.8, 4) is 0 Å². The number of alkyl halides is 3. The van der Waals surface area contributed by atoms with Crippen molar-refractivity contribution in [1.29, 1.82) is 0 Å². The van der Waals surface area contributed by atoms with Gasteiger partial charge in [-0.15, -0.1) is 0 Å². The van der Waals surface area contributed by atoms with Gasteiger partial charge in [-0.1, -0.05) is 0 Å². The molecule has 0 aromatic heterocycles. The van der Waals surface area contributed by atoms with Gasteiger partial charge in [0.1, 0.15) is 9.84 Å². The normalized spacial score (nSPS) is 17.9. The van der Waals surface area contributed by atoms with Crippen LogP contribution in [0.4, 0.5) is 13.2 Å². The zero-order chi connectivity index (χ0) is 13.9. The maximum Gasteiger partial charge on any atom is 0.522 e. The van der Waals surface area contributed by atoms with E-state index < -0.39 is 25.5 Å². The highest BCUT2D eigenvalue weighted by molar-refractivity contribution is 7.90. The largest absolute Gasteiger partial charge is 0.522 e. The summed E-state index contributed by atoms with van der Waals surface area (Å²) >= 11 is 0. The van der Waals surface area contributed by atoms with E-state index in [0.717, 1.165) is 13.1 Å². The van der Waals surface area contributed by atoms with E-state index in [-0.39, 0.29) is 0 Å². The fourth-order valence-corrected chi connectivity index (χ4v) is 1.99. The van der Waals surface area contributed by atoms with Gasteiger partial charge in [0.15, 0.2) is 0 Å². The van der Waals surface area contributed by atoms with Crippen molar-refractivity contribution in [3.05, 3.63) is 0 Å². The molecule has 0 spiro atoms. The summed E-state index contributed by atoms with van der Waals surface area (Å²) in [5, 5.41) is 3.02. The lowest BCUT2D eigenvalue weighted by atomic mass is 10.1. The molecule has 0 radical (unpaired) electrons. The molecule has 6 nitrogen and oxygen atoms in total. The molecule has 0 aliphatic carbocycles. The molecule has 0 unspecified atom stereocenters. The summed E-state index contributed by atoms with van der Waals surface area (Å²) in [5.41, 5.74) is -5.53. The summed E-state index contributed by atoms with van der Waals surface area (Å²) in [6.45, 7) is 1.74. The maximum absolute atomic E-state index is 10.7. The first-order valence-corrected chi connectivity index (χ1v) is 7.75. The summed E-state index contributed by atoms with van der Waals surface area (Å²) in [6, 6.07) is 0. The van der Waals surface area contributed by atoms with E-state index in [1.165, 1.54) is 6.26 Å². The van der Waals surface area contributed by atoms with E-state index in [0.29, 0.717) is 11.7 Å². The lowest BCUT2D eigenvalue weighted by Gasteiger charge is -2.25. The molecule has 1 fully saturated rings. The zero-order valence-corrected chi connectivity index (χ0v) is 10.4. The lowest BCUT2D eigenvalue weighted by molar-refractivity contribution is -0.0510. The standard InChI is InChI=1S/C5H11NO2S.CHF3O3S/c1-9(7,8)4-5-2-6-3-5;2-1(3,4)8(5,6)7/h5-6H,2-4H2,1H3;(H,5,6,7). The van der Waals surface area contributed by atoms with E-state index >= 15 is 0 Å². The van der Waals surface area contributed by atoms with Gasteiger partial charge in [0.25, 0.3) is 0 Å². The SMILES string of the molecule is CS(=O)(=O)CC1CNC1.O=S(=O)(O)C(F)(F)F. The topological polar surface area (TPSA) is 101 Å². The Morgan fingerprint density at radius 3 is 1.65 bits per heavy atom. The average molecular weight is 299 g/mol. The number of halogens is 3. The van der Waals surface area contributed by atoms with E-state index in [4.69, 9.17) is 13.0 Å². The second-order valence-corrected chi connectivity index (χ2v) is 7.14. The minimum atomic E-state index is -5.84. The molecule has 0 atom stereocenters. The molecule has 1 aliphatic heterocycles. The first-order chi connectivity index (χ1) is 7.33. The van der Waals surface area contributed by atoms with E-state index in [1.54, 1.807) is 0 Å². The Kier molecular flexibility index (Phi) is 5.38. The predicted octanol–water partition coefficient (Wildman–Crippen LogP) is -0.356. The van der Waals surface area contributed by atoms with Crippen LogP contribution in [-0.4, -0.2) is 52.0 Å². The third-order valence-electron chi connectivity index (χ3n) is 1.70. The molecule has 1 rings (SSSR count). The minimum Gasteiger partial charge on any atom is -0.316 e. The van der Waals surface area contributed by atoms with Crippen LogP contribution in [0, 0.1) is 5.92 Å². The highest BCUT2D eigenvalue weighted by Gasteiger charge is 2.44. The quantitative estimate of drug-likeness (QED) is 0.534. The van der Waals surface area contributed by atoms with Gasteiger partial charge in [0.2, 0.25) is 0 Å². The van der Waals surface area contributed by atoms with Gasteiger partial charge in [-0.05, 0) is 5.92 Å². The Morgan fingerprint density at radius 2 is 1.59 bits per heavy atom. The number of rotatable bonds is 2. The minimum absolute atomic E-state index is 0.347. The fraction of sp³-hybridized carbons (Fsp3) is 1.00. The number of sulfone groups is 1. The summed E-state index contributed by atoms with van der Waals surface area (Å²) in [6.07, 6.45) is 1.28. The van der Waals surface area contributed by atoms with Crippen LogP contribution < -0.4 is 5.32 Å². The van der Waals surface area contributed by atoms with Crippen LogP contribution in [0.1, 0.15) is 0 Å². The number of nitrogens with one attached hydrogen (secondary N) is 1. The molecule has 11 heteroatoms. The van der Waals surface area contributed by atoms with Crippen LogP contribution in [0.3, 0.4) is 0 Å². The van der Waals surface area contributed by atoms with Crippen LogP contribution in [0.2, 0.25) is 0 Å². The Bertz CT molecular complexity index is 437. The van der Waals surface area contributed by atoms with Gasteiger partial charge in [0.05, 0.1) is 5.75 Å².